The summed E-state index contributed by atoms with van der Waals surface area (Å²) in [6.45, 7) is 0. The van der Waals surface area contributed by atoms with E-state index in [1.807, 2.05) is 42.5 Å². The van der Waals surface area contributed by atoms with Gasteiger partial charge in [-0.05, 0) is 23.1 Å². The van der Waals surface area contributed by atoms with Crippen LogP contribution in [0, 0.1) is 0 Å². The van der Waals surface area contributed by atoms with Crippen LogP contribution in [0.1, 0.15) is 0 Å². The molecule has 88 valence electrons. The number of phenols is 1. The molecule has 0 aliphatic rings. The number of hydrogen-bond acceptors (Lipinski definition) is 1. The third-order valence-corrected chi connectivity index (χ3v) is 3.71. The van der Waals surface area contributed by atoms with Crippen LogP contribution in [0.15, 0.2) is 65.1 Å². The lowest BCUT2D eigenvalue weighted by atomic mass is 9.98. The molecule has 0 atom stereocenters. The highest BCUT2D eigenvalue weighted by Crippen LogP contribution is 2.37. The predicted octanol–water partition coefficient (Wildman–Crippen LogP) is 4.97. The number of rotatable bonds is 1. The van der Waals surface area contributed by atoms with E-state index in [2.05, 4.69) is 28.1 Å². The van der Waals surface area contributed by atoms with Crippen molar-refractivity contribution in [2.45, 2.75) is 0 Å². The maximum absolute atomic E-state index is 10.00. The fourth-order valence-corrected chi connectivity index (χ4v) is 2.82. The van der Waals surface area contributed by atoms with Crippen molar-refractivity contribution in [2.24, 2.45) is 0 Å². The van der Waals surface area contributed by atoms with Crippen molar-refractivity contribution in [3.8, 4) is 16.9 Å². The summed E-state index contributed by atoms with van der Waals surface area (Å²) < 4.78 is 1.04. The summed E-state index contributed by atoms with van der Waals surface area (Å²) in [5.41, 5.74) is 1.90. The Balaban J connectivity index is 2.40. The summed E-state index contributed by atoms with van der Waals surface area (Å²) >= 11 is 3.59. The number of fused-ring (bicyclic) bond motifs is 1. The van der Waals surface area contributed by atoms with Crippen molar-refractivity contribution in [3.63, 3.8) is 0 Å². The summed E-state index contributed by atoms with van der Waals surface area (Å²) in [6, 6.07) is 19.6. The first kappa shape index (κ1) is 11.3. The fraction of sp³-hybridized carbons (Fsp3) is 0. The van der Waals surface area contributed by atoms with Gasteiger partial charge in [0.2, 0.25) is 0 Å². The van der Waals surface area contributed by atoms with Crippen molar-refractivity contribution in [1.29, 1.82) is 0 Å². The molecule has 3 rings (SSSR count). The normalized spacial score (nSPS) is 10.7. The number of halogens is 1. The average molecular weight is 299 g/mol. The Bertz CT molecular complexity index is 714. The van der Waals surface area contributed by atoms with Gasteiger partial charge in [-0.1, -0.05) is 64.5 Å². The molecule has 0 heterocycles. The van der Waals surface area contributed by atoms with Gasteiger partial charge in [-0.2, -0.15) is 0 Å². The second-order valence-electron chi connectivity index (χ2n) is 4.16. The highest BCUT2D eigenvalue weighted by molar-refractivity contribution is 9.10. The Hall–Kier alpha value is -1.80. The fourth-order valence-electron chi connectivity index (χ4n) is 2.22. The molecule has 0 aromatic heterocycles. The summed E-state index contributed by atoms with van der Waals surface area (Å²) in [5.74, 6) is 0.306. The Labute approximate surface area is 114 Å². The van der Waals surface area contributed by atoms with Gasteiger partial charge in [-0.3, -0.25) is 0 Å². The van der Waals surface area contributed by atoms with Crippen LogP contribution < -0.4 is 0 Å². The molecule has 0 saturated heterocycles. The molecule has 0 fully saturated rings. The summed E-state index contributed by atoms with van der Waals surface area (Å²) in [4.78, 5) is 0. The van der Waals surface area contributed by atoms with Crippen molar-refractivity contribution in [2.75, 3.05) is 0 Å². The molecule has 3 aromatic carbocycles. The highest BCUT2D eigenvalue weighted by atomic mass is 79.9. The molecule has 0 bridgehead atoms. The zero-order valence-corrected chi connectivity index (χ0v) is 11.2. The molecular formula is C16H11BrO. The molecule has 1 nitrogen and oxygen atoms in total. The van der Waals surface area contributed by atoms with E-state index >= 15 is 0 Å². The molecule has 18 heavy (non-hydrogen) atoms. The summed E-state index contributed by atoms with van der Waals surface area (Å²) in [7, 11) is 0. The van der Waals surface area contributed by atoms with Crippen molar-refractivity contribution in [1.82, 2.24) is 0 Å². The van der Waals surface area contributed by atoms with Gasteiger partial charge in [0.05, 0.1) is 0 Å². The van der Waals surface area contributed by atoms with Crippen LogP contribution in [0.2, 0.25) is 0 Å². The lowest BCUT2D eigenvalue weighted by Crippen LogP contribution is -1.83. The molecular weight excluding hydrogens is 288 g/mol. The average Bonchev–Trinajstić information content (AvgIpc) is 2.39. The van der Waals surface area contributed by atoms with Crippen molar-refractivity contribution in [3.05, 3.63) is 65.1 Å². The predicted molar refractivity (Wildman–Crippen MR) is 78.7 cm³/mol. The molecule has 0 aliphatic carbocycles. The molecule has 1 N–H and O–H groups in total. The van der Waals surface area contributed by atoms with Crippen LogP contribution >= 0.6 is 15.9 Å². The largest absolute Gasteiger partial charge is 0.507 e. The van der Waals surface area contributed by atoms with Crippen LogP contribution in [-0.4, -0.2) is 5.11 Å². The van der Waals surface area contributed by atoms with Gasteiger partial charge in [0.25, 0.3) is 0 Å². The van der Waals surface area contributed by atoms with Gasteiger partial charge < -0.3 is 5.11 Å². The van der Waals surface area contributed by atoms with Crippen LogP contribution in [0.25, 0.3) is 21.9 Å². The minimum atomic E-state index is 0.306. The van der Waals surface area contributed by atoms with Gasteiger partial charge >= 0.3 is 0 Å². The Morgan fingerprint density at radius 2 is 1.39 bits per heavy atom. The topological polar surface area (TPSA) is 20.2 Å². The van der Waals surface area contributed by atoms with Crippen molar-refractivity contribution < 1.29 is 5.11 Å². The van der Waals surface area contributed by atoms with E-state index in [4.69, 9.17) is 0 Å². The van der Waals surface area contributed by atoms with Crippen LogP contribution in [-0.2, 0) is 0 Å². The first-order chi connectivity index (χ1) is 8.77. The Morgan fingerprint density at radius 3 is 2.17 bits per heavy atom. The van der Waals surface area contributed by atoms with Crippen LogP contribution in [0.3, 0.4) is 0 Å². The van der Waals surface area contributed by atoms with E-state index in [0.717, 1.165) is 26.4 Å². The summed E-state index contributed by atoms with van der Waals surface area (Å²) in [5, 5.41) is 12.3. The minimum Gasteiger partial charge on any atom is -0.507 e. The van der Waals surface area contributed by atoms with Gasteiger partial charge in [-0.25, -0.2) is 0 Å². The third-order valence-electron chi connectivity index (χ3n) is 3.05. The molecule has 2 heteroatoms. The Kier molecular flexibility index (Phi) is 2.80. The maximum atomic E-state index is 10.00. The van der Waals surface area contributed by atoms with Gasteiger partial charge in [0.1, 0.15) is 5.75 Å². The van der Waals surface area contributed by atoms with Crippen molar-refractivity contribution >= 4 is 26.7 Å². The van der Waals surface area contributed by atoms with Gasteiger partial charge in [-0.15, -0.1) is 0 Å². The second kappa shape index (κ2) is 4.46. The summed E-state index contributed by atoms with van der Waals surface area (Å²) in [6.07, 6.45) is 0. The first-order valence-electron chi connectivity index (χ1n) is 5.73. The molecule has 3 aromatic rings. The molecule has 0 aliphatic heterocycles. The lowest BCUT2D eigenvalue weighted by Gasteiger charge is -2.10. The number of benzene rings is 3. The molecule has 0 radical (unpaired) electrons. The van der Waals surface area contributed by atoms with Gasteiger partial charge in [0.15, 0.2) is 0 Å². The maximum Gasteiger partial charge on any atom is 0.123 e. The highest BCUT2D eigenvalue weighted by Gasteiger charge is 2.09. The standard InChI is InChI=1S/C16H11BrO/c17-14-9-4-6-11-5-3-8-13(16(11)14)12-7-1-2-10-15(12)18/h1-10,18H. The van der Waals surface area contributed by atoms with E-state index < -0.39 is 0 Å². The number of aromatic hydroxyl groups is 1. The first-order valence-corrected chi connectivity index (χ1v) is 6.52. The number of hydrogen-bond donors (Lipinski definition) is 1. The van der Waals surface area contributed by atoms with Crippen LogP contribution in [0.5, 0.6) is 5.75 Å². The van der Waals surface area contributed by atoms with Crippen LogP contribution in [0.4, 0.5) is 0 Å². The second-order valence-corrected chi connectivity index (χ2v) is 5.02. The smallest absolute Gasteiger partial charge is 0.123 e. The van der Waals surface area contributed by atoms with E-state index in [0.29, 0.717) is 5.75 Å². The SMILES string of the molecule is Oc1ccccc1-c1cccc2cccc(Br)c12. The zero-order valence-electron chi connectivity index (χ0n) is 9.60. The monoisotopic (exact) mass is 298 g/mol. The minimum absolute atomic E-state index is 0.306. The number of para-hydroxylation sites is 1. The molecule has 0 saturated carbocycles. The molecule has 0 unspecified atom stereocenters. The molecule has 0 amide bonds. The lowest BCUT2D eigenvalue weighted by molar-refractivity contribution is 0.477. The number of phenolic OH excluding ortho intramolecular Hbond substituents is 1. The van der Waals surface area contributed by atoms with E-state index in [1.54, 1.807) is 6.07 Å². The Morgan fingerprint density at radius 1 is 0.722 bits per heavy atom. The van der Waals surface area contributed by atoms with E-state index in [9.17, 15) is 5.11 Å². The van der Waals surface area contributed by atoms with Gasteiger partial charge in [0, 0.05) is 15.4 Å². The third kappa shape index (κ3) is 1.79. The van der Waals surface area contributed by atoms with E-state index in [1.165, 1.54) is 0 Å². The van der Waals surface area contributed by atoms with E-state index in [-0.39, 0.29) is 0 Å². The zero-order chi connectivity index (χ0) is 12.5. The molecule has 0 spiro atoms. The quantitative estimate of drug-likeness (QED) is 0.672.